The fourth-order valence-electron chi connectivity index (χ4n) is 3.79. The van der Waals surface area contributed by atoms with Crippen LogP contribution in [0.15, 0.2) is 59.5 Å². The van der Waals surface area contributed by atoms with Crippen LogP contribution in [0.2, 0.25) is 0 Å². The number of nitrogens with two attached hydrogens (primary N) is 1. The Labute approximate surface area is 178 Å². The van der Waals surface area contributed by atoms with Gasteiger partial charge < -0.3 is 10.5 Å². The molecule has 0 aromatic heterocycles. The quantitative estimate of drug-likeness (QED) is 0.691. The summed E-state index contributed by atoms with van der Waals surface area (Å²) in [7, 11) is -4.21. The minimum absolute atomic E-state index is 0.0502. The van der Waals surface area contributed by atoms with Crippen LogP contribution in [-0.2, 0) is 21.0 Å². The van der Waals surface area contributed by atoms with Gasteiger partial charge in [-0.2, -0.15) is 17.5 Å². The Morgan fingerprint density at radius 3 is 2.48 bits per heavy atom. The molecule has 3 rings (SSSR count). The Hall–Kier alpha value is -2.59. The highest BCUT2D eigenvalue weighted by Crippen LogP contribution is 2.37. The van der Waals surface area contributed by atoms with Crippen LogP contribution in [-0.4, -0.2) is 38.3 Å². The number of nitrogens with zero attached hydrogens (tertiary/aromatic N) is 1. The van der Waals surface area contributed by atoms with Crippen LogP contribution in [0.5, 0.6) is 5.75 Å². The molecule has 2 N–H and O–H groups in total. The topological polar surface area (TPSA) is 89.7 Å². The molecule has 1 amide bonds. The van der Waals surface area contributed by atoms with Gasteiger partial charge in [0.2, 0.25) is 15.9 Å². The summed E-state index contributed by atoms with van der Waals surface area (Å²) in [4.78, 5) is 11.3. The van der Waals surface area contributed by atoms with Crippen LogP contribution >= 0.6 is 0 Å². The van der Waals surface area contributed by atoms with Crippen molar-refractivity contribution in [2.75, 3.05) is 19.7 Å². The molecule has 0 spiro atoms. The van der Waals surface area contributed by atoms with Gasteiger partial charge >= 0.3 is 6.18 Å². The van der Waals surface area contributed by atoms with E-state index in [0.29, 0.717) is 24.7 Å². The first-order valence-electron chi connectivity index (χ1n) is 9.65. The molecule has 2 aromatic rings. The number of primary amides is 1. The molecule has 0 saturated carbocycles. The van der Waals surface area contributed by atoms with E-state index in [9.17, 15) is 26.4 Å². The Morgan fingerprint density at radius 1 is 1.13 bits per heavy atom. The Bertz CT molecular complexity index is 1030. The van der Waals surface area contributed by atoms with Crippen molar-refractivity contribution >= 4 is 15.9 Å². The van der Waals surface area contributed by atoms with Gasteiger partial charge in [0, 0.05) is 24.9 Å². The number of rotatable bonds is 7. The molecule has 1 atom stereocenters. The fourth-order valence-corrected chi connectivity index (χ4v) is 5.42. The summed E-state index contributed by atoms with van der Waals surface area (Å²) in [5, 5.41) is 0. The Balaban J connectivity index is 1.87. The molecule has 1 fully saturated rings. The molecule has 31 heavy (non-hydrogen) atoms. The lowest BCUT2D eigenvalue weighted by Crippen LogP contribution is -2.50. The van der Waals surface area contributed by atoms with Crippen molar-refractivity contribution in [2.45, 2.75) is 30.3 Å². The van der Waals surface area contributed by atoms with E-state index in [2.05, 4.69) is 0 Å². The molecule has 0 unspecified atom stereocenters. The number of hydrogen-bond acceptors (Lipinski definition) is 4. The molecule has 0 bridgehead atoms. The van der Waals surface area contributed by atoms with E-state index >= 15 is 0 Å². The van der Waals surface area contributed by atoms with Crippen LogP contribution in [0, 0.1) is 5.41 Å². The van der Waals surface area contributed by atoms with Crippen molar-refractivity contribution in [3.63, 3.8) is 0 Å². The molecule has 10 heteroatoms. The number of carbonyl (C=O) groups is 1. The third-order valence-corrected chi connectivity index (χ3v) is 7.10. The third kappa shape index (κ3) is 5.56. The maximum atomic E-state index is 13.1. The van der Waals surface area contributed by atoms with Crippen molar-refractivity contribution in [2.24, 2.45) is 11.1 Å². The van der Waals surface area contributed by atoms with Crippen LogP contribution in [0.25, 0.3) is 0 Å². The predicted molar refractivity (Wildman–Crippen MR) is 108 cm³/mol. The Morgan fingerprint density at radius 2 is 1.84 bits per heavy atom. The van der Waals surface area contributed by atoms with Crippen LogP contribution in [0.3, 0.4) is 0 Å². The number of piperidine rings is 1. The van der Waals surface area contributed by atoms with E-state index in [1.807, 2.05) is 6.07 Å². The van der Waals surface area contributed by atoms with E-state index in [4.69, 9.17) is 10.5 Å². The number of hydrogen-bond donors (Lipinski definition) is 1. The lowest BCUT2D eigenvalue weighted by atomic mass is 9.78. The number of ether oxygens (including phenoxy) is 1. The number of halogens is 3. The van der Waals surface area contributed by atoms with Crippen molar-refractivity contribution in [1.29, 1.82) is 0 Å². The van der Waals surface area contributed by atoms with Gasteiger partial charge in [0.15, 0.2) is 0 Å². The zero-order chi connectivity index (χ0) is 22.7. The van der Waals surface area contributed by atoms with Crippen molar-refractivity contribution in [3.8, 4) is 5.75 Å². The second-order valence-corrected chi connectivity index (χ2v) is 9.65. The lowest BCUT2D eigenvalue weighted by molar-refractivity contribution is -0.137. The minimum atomic E-state index is -4.66. The highest BCUT2D eigenvalue weighted by atomic mass is 32.2. The number of benzene rings is 2. The first-order chi connectivity index (χ1) is 14.5. The number of amides is 1. The summed E-state index contributed by atoms with van der Waals surface area (Å²) in [5.74, 6) is -0.0424. The Kier molecular flexibility index (Phi) is 6.61. The monoisotopic (exact) mass is 456 g/mol. The fraction of sp³-hybridized carbons (Fsp3) is 0.381. The van der Waals surface area contributed by atoms with Gasteiger partial charge in [0.25, 0.3) is 0 Å². The molecule has 1 aliphatic heterocycles. The second kappa shape index (κ2) is 8.88. The maximum Gasteiger partial charge on any atom is 0.416 e. The lowest BCUT2D eigenvalue weighted by Gasteiger charge is -2.41. The number of sulfonamides is 1. The molecular weight excluding hydrogens is 433 g/mol. The summed E-state index contributed by atoms with van der Waals surface area (Å²) in [6.45, 7) is 0.0976. The zero-order valence-electron chi connectivity index (χ0n) is 16.6. The number of alkyl halides is 3. The summed E-state index contributed by atoms with van der Waals surface area (Å²) in [5.41, 5.74) is 3.50. The summed E-state index contributed by atoms with van der Waals surface area (Å²) in [6, 6.07) is 12.5. The molecule has 1 heterocycles. The number of para-hydroxylation sites is 1. The normalized spacial score (nSPS) is 20.4. The molecule has 0 radical (unpaired) electrons. The first-order valence-corrected chi connectivity index (χ1v) is 11.1. The van der Waals surface area contributed by atoms with E-state index in [1.165, 1.54) is 0 Å². The van der Waals surface area contributed by atoms with Gasteiger partial charge in [0.05, 0.1) is 17.1 Å². The summed E-state index contributed by atoms with van der Waals surface area (Å²) >= 11 is 0. The van der Waals surface area contributed by atoms with Gasteiger partial charge in [-0.1, -0.05) is 24.3 Å². The first kappa shape index (κ1) is 23.1. The van der Waals surface area contributed by atoms with Gasteiger partial charge in [-0.05, 0) is 43.2 Å². The average Bonchev–Trinajstić information content (AvgIpc) is 2.72. The van der Waals surface area contributed by atoms with Gasteiger partial charge in [0.1, 0.15) is 5.75 Å². The molecule has 168 valence electrons. The second-order valence-electron chi connectivity index (χ2n) is 7.71. The smallest absolute Gasteiger partial charge is 0.416 e. The van der Waals surface area contributed by atoms with Crippen LogP contribution in [0.1, 0.15) is 24.8 Å². The summed E-state index contributed by atoms with van der Waals surface area (Å²) in [6.07, 6.45) is -3.85. The molecular formula is C21H23F3N2O4S. The summed E-state index contributed by atoms with van der Waals surface area (Å²) < 4.78 is 72.3. The van der Waals surface area contributed by atoms with Gasteiger partial charge in [-0.15, -0.1) is 0 Å². The maximum absolute atomic E-state index is 13.1. The van der Waals surface area contributed by atoms with E-state index in [-0.39, 0.29) is 26.1 Å². The van der Waals surface area contributed by atoms with E-state index in [0.717, 1.165) is 22.5 Å². The van der Waals surface area contributed by atoms with Crippen LogP contribution < -0.4 is 10.5 Å². The number of carbonyl (C=O) groups excluding carboxylic acids is 1. The standard InChI is InChI=1S/C21H23F3N2O4S/c22-21(23,24)16-6-4-9-18(12-16)31(28,29)26-11-5-10-20(14-26,13-19(25)27)15-30-17-7-2-1-3-8-17/h1-4,6-9,12H,5,10-11,13-15H2,(H2,25,27)/t20-/m1/s1. The predicted octanol–water partition coefficient (Wildman–Crippen LogP) is 3.43. The highest BCUT2D eigenvalue weighted by Gasteiger charge is 2.42. The van der Waals surface area contributed by atoms with Crippen LogP contribution in [0.4, 0.5) is 13.2 Å². The molecule has 1 aliphatic rings. The van der Waals surface area contributed by atoms with Crippen molar-refractivity contribution < 1.29 is 31.1 Å². The minimum Gasteiger partial charge on any atom is -0.493 e. The van der Waals surface area contributed by atoms with Crippen molar-refractivity contribution in [3.05, 3.63) is 60.2 Å². The SMILES string of the molecule is NC(=O)C[C@]1(COc2ccccc2)CCCN(S(=O)(=O)c2cccc(C(F)(F)F)c2)C1. The molecule has 2 aromatic carbocycles. The molecule has 0 aliphatic carbocycles. The largest absolute Gasteiger partial charge is 0.493 e. The molecule has 6 nitrogen and oxygen atoms in total. The highest BCUT2D eigenvalue weighted by molar-refractivity contribution is 7.89. The van der Waals surface area contributed by atoms with E-state index in [1.54, 1.807) is 24.3 Å². The van der Waals surface area contributed by atoms with Crippen molar-refractivity contribution in [1.82, 2.24) is 4.31 Å². The average molecular weight is 456 g/mol. The third-order valence-electron chi connectivity index (χ3n) is 5.26. The van der Waals surface area contributed by atoms with Gasteiger partial charge in [-0.25, -0.2) is 8.42 Å². The van der Waals surface area contributed by atoms with E-state index < -0.39 is 38.0 Å². The van der Waals surface area contributed by atoms with Gasteiger partial charge in [-0.3, -0.25) is 4.79 Å². The zero-order valence-corrected chi connectivity index (χ0v) is 17.5. The molecule has 1 saturated heterocycles.